The minimum absolute atomic E-state index is 0. The fraction of sp³-hybridized carbons (Fsp3) is 0.941. The van der Waals surface area contributed by atoms with Gasteiger partial charge in [0.2, 0.25) is 0 Å². The van der Waals surface area contributed by atoms with Crippen LogP contribution in [-0.2, 0) is 0 Å². The van der Waals surface area contributed by atoms with Crippen molar-refractivity contribution in [3.63, 3.8) is 0 Å². The van der Waals surface area contributed by atoms with E-state index < -0.39 is 0 Å². The van der Waals surface area contributed by atoms with E-state index in [4.69, 9.17) is 0 Å². The molecule has 1 aliphatic carbocycles. The van der Waals surface area contributed by atoms with Crippen molar-refractivity contribution >= 4 is 41.7 Å². The van der Waals surface area contributed by atoms with Gasteiger partial charge >= 0.3 is 0 Å². The molecule has 2 aliphatic heterocycles. The van der Waals surface area contributed by atoms with Crippen molar-refractivity contribution in [2.45, 2.75) is 44.4 Å². The fourth-order valence-electron chi connectivity index (χ4n) is 3.64. The summed E-state index contributed by atoms with van der Waals surface area (Å²) in [4.78, 5) is 9.70. The smallest absolute Gasteiger partial charge is 0.193 e. The topological polar surface area (TPSA) is 30.9 Å². The largest absolute Gasteiger partial charge is 0.356 e. The van der Waals surface area contributed by atoms with Crippen molar-refractivity contribution in [2.24, 2.45) is 16.8 Å². The summed E-state index contributed by atoms with van der Waals surface area (Å²) >= 11 is 2.13. The van der Waals surface area contributed by atoms with E-state index in [1.165, 1.54) is 38.1 Å². The van der Waals surface area contributed by atoms with Crippen molar-refractivity contribution in [1.29, 1.82) is 0 Å². The summed E-state index contributed by atoms with van der Waals surface area (Å²) in [6, 6.07) is 0.926. The van der Waals surface area contributed by atoms with Crippen LogP contribution >= 0.6 is 35.7 Å². The quantitative estimate of drug-likeness (QED) is 0.404. The van der Waals surface area contributed by atoms with Crippen LogP contribution in [0.3, 0.4) is 0 Å². The standard InChI is InChI=1S/C17H32N4S.HI/c1-13(2)16-12-21(8-9-22-16)17(18-3)19-10-14-6-7-20(11-14)15-4-5-15;/h13-16H,4-12H2,1-3H3,(H,18,19);1H. The highest BCUT2D eigenvalue weighted by atomic mass is 127. The van der Waals surface area contributed by atoms with Gasteiger partial charge < -0.3 is 15.1 Å². The number of hydrogen-bond acceptors (Lipinski definition) is 3. The molecule has 134 valence electrons. The maximum atomic E-state index is 4.54. The Bertz CT molecular complexity index is 400. The maximum Gasteiger partial charge on any atom is 0.193 e. The Morgan fingerprint density at radius 2 is 2.00 bits per heavy atom. The van der Waals surface area contributed by atoms with Crippen LogP contribution in [0.15, 0.2) is 4.99 Å². The van der Waals surface area contributed by atoms with E-state index in [0.29, 0.717) is 0 Å². The van der Waals surface area contributed by atoms with Crippen LogP contribution in [-0.4, -0.2) is 72.6 Å². The van der Waals surface area contributed by atoms with Crippen LogP contribution < -0.4 is 5.32 Å². The lowest BCUT2D eigenvalue weighted by atomic mass is 10.1. The summed E-state index contributed by atoms with van der Waals surface area (Å²) in [7, 11) is 1.93. The molecule has 1 saturated carbocycles. The average Bonchev–Trinajstić information content (AvgIpc) is 3.27. The molecular formula is C17H33IN4S. The number of thioether (sulfide) groups is 1. The highest BCUT2D eigenvalue weighted by molar-refractivity contribution is 14.0. The predicted octanol–water partition coefficient (Wildman–Crippen LogP) is 2.74. The zero-order chi connectivity index (χ0) is 15.5. The number of guanidine groups is 1. The van der Waals surface area contributed by atoms with Crippen molar-refractivity contribution in [3.05, 3.63) is 0 Å². The summed E-state index contributed by atoms with van der Waals surface area (Å²) in [5.41, 5.74) is 0. The molecule has 0 radical (unpaired) electrons. The Labute approximate surface area is 163 Å². The number of hydrogen-bond donors (Lipinski definition) is 1. The van der Waals surface area contributed by atoms with Crippen molar-refractivity contribution in [2.75, 3.05) is 45.5 Å². The number of aliphatic imine (C=N–C) groups is 1. The number of nitrogens with one attached hydrogen (secondary N) is 1. The third kappa shape index (κ3) is 5.39. The Kier molecular flexibility index (Phi) is 7.79. The average molecular weight is 452 g/mol. The molecule has 6 heteroatoms. The first-order valence-corrected chi connectivity index (χ1v) is 10.0. The van der Waals surface area contributed by atoms with Crippen LogP contribution in [0.25, 0.3) is 0 Å². The number of likely N-dealkylation sites (tertiary alicyclic amines) is 1. The van der Waals surface area contributed by atoms with Gasteiger partial charge in [0.15, 0.2) is 5.96 Å². The normalized spacial score (nSPS) is 29.7. The third-order valence-electron chi connectivity index (χ3n) is 5.28. The van der Waals surface area contributed by atoms with E-state index in [2.05, 4.69) is 45.7 Å². The molecule has 0 aromatic heterocycles. The van der Waals surface area contributed by atoms with Crippen LogP contribution in [0.2, 0.25) is 0 Å². The highest BCUT2D eigenvalue weighted by Gasteiger charge is 2.34. The molecule has 2 heterocycles. The number of halogens is 1. The molecule has 3 aliphatic rings. The second-order valence-corrected chi connectivity index (χ2v) is 8.76. The van der Waals surface area contributed by atoms with Crippen LogP contribution in [0.1, 0.15) is 33.1 Å². The lowest BCUT2D eigenvalue weighted by molar-refractivity contribution is 0.312. The molecule has 2 unspecified atom stereocenters. The van der Waals surface area contributed by atoms with Crippen molar-refractivity contribution < 1.29 is 0 Å². The van der Waals surface area contributed by atoms with Crippen LogP contribution in [0.4, 0.5) is 0 Å². The van der Waals surface area contributed by atoms with E-state index in [9.17, 15) is 0 Å². The maximum absolute atomic E-state index is 4.54. The molecule has 0 aromatic carbocycles. The second kappa shape index (κ2) is 9.13. The monoisotopic (exact) mass is 452 g/mol. The summed E-state index contributed by atoms with van der Waals surface area (Å²) in [6.07, 6.45) is 4.22. The Hall–Kier alpha value is 0.310. The van der Waals surface area contributed by atoms with Gasteiger partial charge in [0.25, 0.3) is 0 Å². The van der Waals surface area contributed by atoms with Gasteiger partial charge in [0, 0.05) is 50.3 Å². The first-order chi connectivity index (χ1) is 10.7. The minimum atomic E-state index is 0. The van der Waals surface area contributed by atoms with Crippen LogP contribution in [0.5, 0.6) is 0 Å². The lowest BCUT2D eigenvalue weighted by Crippen LogP contribution is -2.50. The zero-order valence-corrected chi connectivity index (χ0v) is 18.0. The van der Waals surface area contributed by atoms with Crippen LogP contribution in [0, 0.1) is 11.8 Å². The van der Waals surface area contributed by atoms with Gasteiger partial charge in [0.05, 0.1) is 0 Å². The third-order valence-corrected chi connectivity index (χ3v) is 6.82. The molecule has 3 rings (SSSR count). The van der Waals surface area contributed by atoms with E-state index in [-0.39, 0.29) is 24.0 Å². The first kappa shape index (κ1) is 19.6. The molecule has 4 nitrogen and oxygen atoms in total. The molecule has 0 amide bonds. The van der Waals surface area contributed by atoms with Gasteiger partial charge in [0.1, 0.15) is 0 Å². The van der Waals surface area contributed by atoms with E-state index >= 15 is 0 Å². The molecule has 0 aromatic rings. The lowest BCUT2D eigenvalue weighted by Gasteiger charge is -2.36. The van der Waals surface area contributed by atoms with E-state index in [1.54, 1.807) is 0 Å². The van der Waals surface area contributed by atoms with E-state index in [0.717, 1.165) is 48.7 Å². The van der Waals surface area contributed by atoms with Crippen molar-refractivity contribution in [3.8, 4) is 0 Å². The molecule has 1 N–H and O–H groups in total. The van der Waals surface area contributed by atoms with Gasteiger partial charge in [-0.1, -0.05) is 13.8 Å². The van der Waals surface area contributed by atoms with Crippen molar-refractivity contribution in [1.82, 2.24) is 15.1 Å². The van der Waals surface area contributed by atoms with Gasteiger partial charge in [-0.3, -0.25) is 4.99 Å². The Morgan fingerprint density at radius 3 is 2.65 bits per heavy atom. The number of rotatable bonds is 4. The molecule has 0 bridgehead atoms. The molecule has 0 spiro atoms. The van der Waals surface area contributed by atoms with E-state index in [1.807, 2.05) is 7.05 Å². The van der Waals surface area contributed by atoms with Gasteiger partial charge in [-0.05, 0) is 37.6 Å². The van der Waals surface area contributed by atoms with Gasteiger partial charge in [-0.25, -0.2) is 0 Å². The molecule has 3 fully saturated rings. The Balaban J connectivity index is 0.00000192. The summed E-state index contributed by atoms with van der Waals surface area (Å²) in [5, 5.41) is 4.40. The molecule has 2 saturated heterocycles. The summed E-state index contributed by atoms with van der Waals surface area (Å²) < 4.78 is 0. The SMILES string of the molecule is CN=C(NCC1CCN(C2CC2)C1)N1CCSC(C(C)C)C1.I. The predicted molar refractivity (Wildman–Crippen MR) is 112 cm³/mol. The molecule has 23 heavy (non-hydrogen) atoms. The molecular weight excluding hydrogens is 419 g/mol. The van der Waals surface area contributed by atoms with Gasteiger partial charge in [-0.15, -0.1) is 24.0 Å². The zero-order valence-electron chi connectivity index (χ0n) is 14.8. The highest BCUT2D eigenvalue weighted by Crippen LogP contribution is 2.31. The summed E-state index contributed by atoms with van der Waals surface area (Å²) in [5.74, 6) is 3.89. The first-order valence-electron chi connectivity index (χ1n) is 8.98. The van der Waals surface area contributed by atoms with Gasteiger partial charge in [-0.2, -0.15) is 11.8 Å². The fourth-order valence-corrected chi connectivity index (χ4v) is 4.94. The summed E-state index contributed by atoms with van der Waals surface area (Å²) in [6.45, 7) is 10.6. The Morgan fingerprint density at radius 1 is 1.22 bits per heavy atom. The molecule has 2 atom stereocenters. The second-order valence-electron chi connectivity index (χ2n) is 7.41. The number of nitrogens with zero attached hydrogens (tertiary/aromatic N) is 3. The minimum Gasteiger partial charge on any atom is -0.356 e.